The Morgan fingerprint density at radius 1 is 0.971 bits per heavy atom. The van der Waals surface area contributed by atoms with E-state index in [1.54, 1.807) is 25.1 Å². The van der Waals surface area contributed by atoms with Crippen molar-refractivity contribution in [2.24, 2.45) is 0 Å². The van der Waals surface area contributed by atoms with Crippen LogP contribution >= 0.6 is 0 Å². The highest BCUT2D eigenvalue weighted by Crippen LogP contribution is 2.32. The van der Waals surface area contributed by atoms with Gasteiger partial charge in [0.2, 0.25) is 15.9 Å². The van der Waals surface area contributed by atoms with E-state index >= 15 is 0 Å². The molecule has 1 fully saturated rings. The molecule has 0 N–H and O–H groups in total. The third kappa shape index (κ3) is 6.44. The molecule has 0 bridgehead atoms. The van der Waals surface area contributed by atoms with Gasteiger partial charge in [0, 0.05) is 51.5 Å². The summed E-state index contributed by atoms with van der Waals surface area (Å²) in [4.78, 5) is 29.6. The molecule has 1 aliphatic heterocycles. The second-order valence-electron chi connectivity index (χ2n) is 8.43. The number of piperazine rings is 1. The molecule has 8 nitrogen and oxygen atoms in total. The maximum Gasteiger partial charge on any atom is 0.416 e. The summed E-state index contributed by atoms with van der Waals surface area (Å²) in [5, 5.41) is 0. The first-order valence-electron chi connectivity index (χ1n) is 10.8. The molecule has 0 aliphatic carbocycles. The van der Waals surface area contributed by atoms with Crippen LogP contribution in [-0.4, -0.2) is 83.1 Å². The number of anilines is 2. The largest absolute Gasteiger partial charge is 0.416 e. The molecular formula is C23H27F3N4O4S. The summed E-state index contributed by atoms with van der Waals surface area (Å²) in [6, 6.07) is 10.9. The van der Waals surface area contributed by atoms with Crippen molar-refractivity contribution in [2.75, 3.05) is 62.3 Å². The van der Waals surface area contributed by atoms with Crippen molar-refractivity contribution >= 4 is 33.2 Å². The molecule has 2 aromatic rings. The van der Waals surface area contributed by atoms with Crippen molar-refractivity contribution in [3.63, 3.8) is 0 Å². The standard InChI is InChI=1S/C23H27F3N4O4S/c1-27(2)22(32)17-7-9-19(10-8-17)30(35(3,33)34)16-21(31)29-13-11-28(12-14-29)20-6-4-5-18(15-20)23(24,25)26/h4-10,15H,11-14,16H2,1-3H3. The highest BCUT2D eigenvalue weighted by Gasteiger charge is 2.32. The third-order valence-corrected chi connectivity index (χ3v) is 6.80. The monoisotopic (exact) mass is 512 g/mol. The first-order valence-corrected chi connectivity index (χ1v) is 12.6. The van der Waals surface area contributed by atoms with Gasteiger partial charge >= 0.3 is 6.18 Å². The average Bonchev–Trinajstić information content (AvgIpc) is 2.81. The molecule has 1 saturated heterocycles. The zero-order chi connectivity index (χ0) is 26.0. The number of amides is 2. The predicted octanol–water partition coefficient (Wildman–Crippen LogP) is 2.52. The van der Waals surface area contributed by atoms with Gasteiger partial charge in [-0.15, -0.1) is 0 Å². The van der Waals surface area contributed by atoms with Crippen LogP contribution in [0.15, 0.2) is 48.5 Å². The van der Waals surface area contributed by atoms with Crippen LogP contribution in [0.1, 0.15) is 15.9 Å². The van der Waals surface area contributed by atoms with Gasteiger partial charge in [-0.05, 0) is 42.5 Å². The molecule has 0 spiro atoms. The van der Waals surface area contributed by atoms with Crippen LogP contribution in [0.5, 0.6) is 0 Å². The van der Waals surface area contributed by atoms with E-state index in [0.717, 1.165) is 22.7 Å². The number of hydrogen-bond donors (Lipinski definition) is 0. The van der Waals surface area contributed by atoms with E-state index in [2.05, 4.69) is 0 Å². The van der Waals surface area contributed by atoms with Gasteiger partial charge < -0.3 is 14.7 Å². The number of nitrogens with zero attached hydrogens (tertiary/aromatic N) is 4. The molecule has 3 rings (SSSR count). The highest BCUT2D eigenvalue weighted by atomic mass is 32.2. The molecule has 1 heterocycles. The lowest BCUT2D eigenvalue weighted by molar-refractivity contribution is -0.137. The van der Waals surface area contributed by atoms with Crippen LogP contribution in [0.2, 0.25) is 0 Å². The maximum absolute atomic E-state index is 13.0. The van der Waals surface area contributed by atoms with Crippen molar-refractivity contribution in [2.45, 2.75) is 6.18 Å². The summed E-state index contributed by atoms with van der Waals surface area (Å²) in [6.07, 6.45) is -3.45. The summed E-state index contributed by atoms with van der Waals surface area (Å²) < 4.78 is 64.8. The summed E-state index contributed by atoms with van der Waals surface area (Å²) in [7, 11) is -0.597. The molecule has 190 valence electrons. The summed E-state index contributed by atoms with van der Waals surface area (Å²) in [6.45, 7) is 0.676. The van der Waals surface area contributed by atoms with E-state index in [4.69, 9.17) is 0 Å². The predicted molar refractivity (Wildman–Crippen MR) is 127 cm³/mol. The molecule has 0 saturated carbocycles. The number of alkyl halides is 3. The molecule has 2 aromatic carbocycles. The van der Waals surface area contributed by atoms with E-state index in [-0.39, 0.29) is 24.7 Å². The Kier molecular flexibility index (Phi) is 7.63. The van der Waals surface area contributed by atoms with Gasteiger partial charge in [-0.2, -0.15) is 13.2 Å². The fourth-order valence-corrected chi connectivity index (χ4v) is 4.59. The number of carbonyl (C=O) groups is 2. The number of rotatable bonds is 6. The molecular weight excluding hydrogens is 485 g/mol. The Morgan fingerprint density at radius 2 is 1.57 bits per heavy atom. The van der Waals surface area contributed by atoms with Crippen LogP contribution in [0.25, 0.3) is 0 Å². The summed E-state index contributed by atoms with van der Waals surface area (Å²) >= 11 is 0. The molecule has 0 atom stereocenters. The minimum Gasteiger partial charge on any atom is -0.368 e. The molecule has 35 heavy (non-hydrogen) atoms. The Hall–Kier alpha value is -3.28. The first kappa shape index (κ1) is 26.3. The zero-order valence-electron chi connectivity index (χ0n) is 19.6. The molecule has 0 unspecified atom stereocenters. The van der Waals surface area contributed by atoms with Gasteiger partial charge in [-0.25, -0.2) is 8.42 Å². The zero-order valence-corrected chi connectivity index (χ0v) is 20.4. The van der Waals surface area contributed by atoms with Crippen molar-refractivity contribution in [3.8, 4) is 0 Å². The van der Waals surface area contributed by atoms with E-state index < -0.39 is 34.2 Å². The lowest BCUT2D eigenvalue weighted by Gasteiger charge is -2.37. The number of benzene rings is 2. The van der Waals surface area contributed by atoms with E-state index in [1.165, 1.54) is 40.1 Å². The maximum atomic E-state index is 13.0. The summed E-state index contributed by atoms with van der Waals surface area (Å²) in [5.41, 5.74) is 0.302. The van der Waals surface area contributed by atoms with Gasteiger partial charge in [0.1, 0.15) is 6.54 Å². The van der Waals surface area contributed by atoms with E-state index in [0.29, 0.717) is 24.3 Å². The fraction of sp³-hybridized carbons (Fsp3) is 0.391. The van der Waals surface area contributed by atoms with Crippen LogP contribution < -0.4 is 9.21 Å². The van der Waals surface area contributed by atoms with Crippen molar-refractivity contribution in [1.29, 1.82) is 0 Å². The van der Waals surface area contributed by atoms with Crippen molar-refractivity contribution in [3.05, 3.63) is 59.7 Å². The Morgan fingerprint density at radius 3 is 2.09 bits per heavy atom. The van der Waals surface area contributed by atoms with Crippen LogP contribution in [-0.2, 0) is 21.0 Å². The number of carbonyl (C=O) groups excluding carboxylic acids is 2. The van der Waals surface area contributed by atoms with Gasteiger partial charge in [0.05, 0.1) is 17.5 Å². The van der Waals surface area contributed by atoms with Gasteiger partial charge in [-0.1, -0.05) is 6.07 Å². The van der Waals surface area contributed by atoms with E-state index in [9.17, 15) is 31.2 Å². The summed E-state index contributed by atoms with van der Waals surface area (Å²) in [5.74, 6) is -0.662. The quantitative estimate of drug-likeness (QED) is 0.594. The fourth-order valence-electron chi connectivity index (χ4n) is 3.74. The van der Waals surface area contributed by atoms with Crippen molar-refractivity contribution in [1.82, 2.24) is 9.80 Å². The lowest BCUT2D eigenvalue weighted by Crippen LogP contribution is -2.52. The van der Waals surface area contributed by atoms with Crippen molar-refractivity contribution < 1.29 is 31.2 Å². The third-order valence-electron chi connectivity index (χ3n) is 5.66. The Balaban J connectivity index is 1.68. The normalized spacial score (nSPS) is 14.6. The van der Waals surface area contributed by atoms with Crippen LogP contribution in [0.4, 0.5) is 24.5 Å². The van der Waals surface area contributed by atoms with Crippen LogP contribution in [0, 0.1) is 0 Å². The Labute approximate surface area is 202 Å². The van der Waals surface area contributed by atoms with Gasteiger partial charge in [0.25, 0.3) is 5.91 Å². The first-order chi connectivity index (χ1) is 16.3. The molecule has 2 amide bonds. The average molecular weight is 513 g/mol. The molecule has 12 heteroatoms. The van der Waals surface area contributed by atoms with Crippen LogP contribution in [0.3, 0.4) is 0 Å². The topological polar surface area (TPSA) is 81.2 Å². The highest BCUT2D eigenvalue weighted by molar-refractivity contribution is 7.92. The Bertz CT molecular complexity index is 1180. The lowest BCUT2D eigenvalue weighted by atomic mass is 10.1. The smallest absolute Gasteiger partial charge is 0.368 e. The number of hydrogen-bond acceptors (Lipinski definition) is 5. The minimum atomic E-state index is -4.44. The molecule has 0 aromatic heterocycles. The number of halogens is 3. The minimum absolute atomic E-state index is 0.239. The van der Waals surface area contributed by atoms with Gasteiger partial charge in [-0.3, -0.25) is 13.9 Å². The van der Waals surface area contributed by atoms with E-state index in [1.807, 2.05) is 0 Å². The second kappa shape index (κ2) is 10.1. The SMILES string of the molecule is CN(C)C(=O)c1ccc(N(CC(=O)N2CCN(c3cccc(C(F)(F)F)c3)CC2)S(C)(=O)=O)cc1. The number of sulfonamides is 1. The molecule has 1 aliphatic rings. The second-order valence-corrected chi connectivity index (χ2v) is 10.3. The molecule has 0 radical (unpaired) electrons. The van der Waals surface area contributed by atoms with Gasteiger partial charge in [0.15, 0.2) is 0 Å².